The average molecular weight is 253 g/mol. The standard InChI is InChI=1S/C13H17ClN2O/c1-8-6-10(17-5)12(9(2)11(8)14)16-13(3,4)7-15/h6,16H,1-5H3. The fourth-order valence-electron chi connectivity index (χ4n) is 1.58. The minimum absolute atomic E-state index is 0.670. The van der Waals surface area contributed by atoms with Crippen LogP contribution in [0.4, 0.5) is 5.69 Å². The first-order chi connectivity index (χ1) is 7.82. The molecule has 0 aromatic heterocycles. The molecule has 0 aliphatic rings. The molecule has 0 saturated heterocycles. The van der Waals surface area contributed by atoms with Gasteiger partial charge in [0.1, 0.15) is 11.3 Å². The van der Waals surface area contributed by atoms with Crippen LogP contribution in [0.25, 0.3) is 0 Å². The van der Waals surface area contributed by atoms with Crippen LogP contribution in [0, 0.1) is 25.2 Å². The Balaban J connectivity index is 3.33. The molecule has 0 radical (unpaired) electrons. The Labute approximate surface area is 107 Å². The summed E-state index contributed by atoms with van der Waals surface area (Å²) in [6.45, 7) is 7.45. The molecule has 1 N–H and O–H groups in total. The van der Waals surface area contributed by atoms with Crippen molar-refractivity contribution in [1.82, 2.24) is 0 Å². The third-order valence-corrected chi connectivity index (χ3v) is 3.16. The number of rotatable bonds is 3. The third-order valence-electron chi connectivity index (χ3n) is 2.58. The van der Waals surface area contributed by atoms with E-state index in [-0.39, 0.29) is 0 Å². The van der Waals surface area contributed by atoms with Crippen molar-refractivity contribution in [1.29, 1.82) is 5.26 Å². The Hall–Kier alpha value is -1.40. The molecule has 0 heterocycles. The van der Waals surface area contributed by atoms with Crippen LogP contribution < -0.4 is 10.1 Å². The number of nitrogens with zero attached hydrogens (tertiary/aromatic N) is 1. The molecule has 1 aromatic rings. The number of methoxy groups -OCH3 is 1. The summed E-state index contributed by atoms with van der Waals surface area (Å²) in [5, 5.41) is 12.9. The molecule has 0 atom stereocenters. The van der Waals surface area contributed by atoms with E-state index in [0.717, 1.165) is 16.8 Å². The Morgan fingerprint density at radius 3 is 2.47 bits per heavy atom. The SMILES string of the molecule is COc1cc(C)c(Cl)c(C)c1NC(C)(C)C#N. The van der Waals surface area contributed by atoms with Gasteiger partial charge in [0, 0.05) is 5.02 Å². The zero-order valence-electron chi connectivity index (χ0n) is 10.8. The predicted molar refractivity (Wildman–Crippen MR) is 70.8 cm³/mol. The van der Waals surface area contributed by atoms with Crippen molar-refractivity contribution in [2.24, 2.45) is 0 Å². The lowest BCUT2D eigenvalue weighted by atomic mass is 10.0. The molecular weight excluding hydrogens is 236 g/mol. The van der Waals surface area contributed by atoms with Crippen molar-refractivity contribution in [2.75, 3.05) is 12.4 Å². The van der Waals surface area contributed by atoms with Crippen LogP contribution in [-0.2, 0) is 0 Å². The average Bonchev–Trinajstić information content (AvgIpc) is 2.29. The van der Waals surface area contributed by atoms with Crippen molar-refractivity contribution in [3.63, 3.8) is 0 Å². The number of hydrogen-bond donors (Lipinski definition) is 1. The van der Waals surface area contributed by atoms with Crippen LogP contribution in [0.5, 0.6) is 5.75 Å². The summed E-state index contributed by atoms with van der Waals surface area (Å²) in [5.74, 6) is 0.702. The van der Waals surface area contributed by atoms with Gasteiger partial charge in [-0.1, -0.05) is 11.6 Å². The van der Waals surface area contributed by atoms with Gasteiger partial charge in [-0.25, -0.2) is 0 Å². The lowest BCUT2D eigenvalue weighted by molar-refractivity contribution is 0.415. The number of anilines is 1. The minimum Gasteiger partial charge on any atom is -0.495 e. The molecule has 1 aromatic carbocycles. The number of benzene rings is 1. The maximum Gasteiger partial charge on any atom is 0.142 e. The van der Waals surface area contributed by atoms with E-state index in [0.29, 0.717) is 10.8 Å². The predicted octanol–water partition coefficient (Wildman–Crippen LogP) is 3.68. The Kier molecular flexibility index (Phi) is 3.90. The van der Waals surface area contributed by atoms with E-state index >= 15 is 0 Å². The van der Waals surface area contributed by atoms with E-state index in [1.165, 1.54) is 0 Å². The molecule has 1 rings (SSSR count). The molecule has 92 valence electrons. The summed E-state index contributed by atoms with van der Waals surface area (Å²) in [5.41, 5.74) is 1.96. The second-order valence-electron chi connectivity index (χ2n) is 4.57. The van der Waals surface area contributed by atoms with Gasteiger partial charge in [0.05, 0.1) is 18.9 Å². The highest BCUT2D eigenvalue weighted by Crippen LogP contribution is 2.37. The first-order valence-corrected chi connectivity index (χ1v) is 5.73. The van der Waals surface area contributed by atoms with Crippen LogP contribution in [0.15, 0.2) is 6.07 Å². The van der Waals surface area contributed by atoms with E-state index in [1.807, 2.05) is 19.9 Å². The Morgan fingerprint density at radius 1 is 1.41 bits per heavy atom. The molecule has 0 amide bonds. The quantitative estimate of drug-likeness (QED) is 0.893. The first kappa shape index (κ1) is 13.7. The van der Waals surface area contributed by atoms with Crippen LogP contribution in [-0.4, -0.2) is 12.6 Å². The van der Waals surface area contributed by atoms with E-state index in [1.54, 1.807) is 21.0 Å². The van der Waals surface area contributed by atoms with Crippen LogP contribution in [0.3, 0.4) is 0 Å². The smallest absolute Gasteiger partial charge is 0.142 e. The maximum absolute atomic E-state index is 9.05. The van der Waals surface area contributed by atoms with Gasteiger partial charge in [-0.15, -0.1) is 0 Å². The molecule has 0 fully saturated rings. The van der Waals surface area contributed by atoms with Gasteiger partial charge in [-0.05, 0) is 44.9 Å². The van der Waals surface area contributed by atoms with Gasteiger partial charge in [-0.3, -0.25) is 0 Å². The largest absolute Gasteiger partial charge is 0.495 e. The monoisotopic (exact) mass is 252 g/mol. The number of nitrogens with one attached hydrogen (secondary N) is 1. The summed E-state index contributed by atoms with van der Waals surface area (Å²) in [6.07, 6.45) is 0. The van der Waals surface area contributed by atoms with Crippen LogP contribution in [0.2, 0.25) is 5.02 Å². The number of nitriles is 1. The first-order valence-electron chi connectivity index (χ1n) is 5.35. The molecule has 0 bridgehead atoms. The highest BCUT2D eigenvalue weighted by atomic mass is 35.5. The molecule has 0 saturated carbocycles. The highest BCUT2D eigenvalue weighted by molar-refractivity contribution is 6.32. The van der Waals surface area contributed by atoms with Crippen molar-refractivity contribution in [3.8, 4) is 11.8 Å². The van der Waals surface area contributed by atoms with Crippen molar-refractivity contribution in [2.45, 2.75) is 33.2 Å². The van der Waals surface area contributed by atoms with Gasteiger partial charge in [-0.2, -0.15) is 5.26 Å². The second kappa shape index (κ2) is 4.85. The molecular formula is C13H17ClN2O. The summed E-state index contributed by atoms with van der Waals surface area (Å²) in [7, 11) is 1.60. The summed E-state index contributed by atoms with van der Waals surface area (Å²) >= 11 is 6.21. The number of ether oxygens (including phenoxy) is 1. The lowest BCUT2D eigenvalue weighted by Gasteiger charge is -2.23. The van der Waals surface area contributed by atoms with E-state index < -0.39 is 5.54 Å². The summed E-state index contributed by atoms with van der Waals surface area (Å²) in [6, 6.07) is 4.06. The molecule has 0 aliphatic heterocycles. The topological polar surface area (TPSA) is 45.0 Å². The van der Waals surface area contributed by atoms with Crippen molar-refractivity contribution in [3.05, 3.63) is 22.2 Å². The fourth-order valence-corrected chi connectivity index (χ4v) is 1.73. The number of halogens is 1. The van der Waals surface area contributed by atoms with Gasteiger partial charge in [0.15, 0.2) is 0 Å². The van der Waals surface area contributed by atoms with Crippen LogP contribution in [0.1, 0.15) is 25.0 Å². The van der Waals surface area contributed by atoms with Gasteiger partial charge in [0.25, 0.3) is 0 Å². The second-order valence-corrected chi connectivity index (χ2v) is 4.95. The van der Waals surface area contributed by atoms with Gasteiger partial charge < -0.3 is 10.1 Å². The lowest BCUT2D eigenvalue weighted by Crippen LogP contribution is -2.29. The molecule has 0 unspecified atom stereocenters. The summed E-state index contributed by atoms with van der Waals surface area (Å²) < 4.78 is 5.32. The van der Waals surface area contributed by atoms with Crippen LogP contribution >= 0.6 is 11.6 Å². The van der Waals surface area contributed by atoms with E-state index in [9.17, 15) is 0 Å². The third kappa shape index (κ3) is 2.83. The number of aryl methyl sites for hydroxylation is 1. The van der Waals surface area contributed by atoms with Crippen molar-refractivity contribution >= 4 is 17.3 Å². The van der Waals surface area contributed by atoms with E-state index in [4.69, 9.17) is 21.6 Å². The highest BCUT2D eigenvalue weighted by Gasteiger charge is 2.21. The van der Waals surface area contributed by atoms with Crippen molar-refractivity contribution < 1.29 is 4.74 Å². The maximum atomic E-state index is 9.05. The molecule has 0 aliphatic carbocycles. The zero-order valence-corrected chi connectivity index (χ0v) is 11.6. The number of hydrogen-bond acceptors (Lipinski definition) is 3. The minimum atomic E-state index is -0.670. The molecule has 17 heavy (non-hydrogen) atoms. The fraction of sp³-hybridized carbons (Fsp3) is 0.462. The van der Waals surface area contributed by atoms with Gasteiger partial charge in [0.2, 0.25) is 0 Å². The Bertz CT molecular complexity index is 475. The van der Waals surface area contributed by atoms with E-state index in [2.05, 4.69) is 11.4 Å². The van der Waals surface area contributed by atoms with Gasteiger partial charge >= 0.3 is 0 Å². The summed E-state index contributed by atoms with van der Waals surface area (Å²) in [4.78, 5) is 0. The molecule has 3 nitrogen and oxygen atoms in total. The molecule has 4 heteroatoms. The Morgan fingerprint density at radius 2 is 2.00 bits per heavy atom. The zero-order chi connectivity index (χ0) is 13.2. The molecule has 0 spiro atoms. The normalized spacial score (nSPS) is 10.9.